The third kappa shape index (κ3) is 3.98. The molecule has 0 aliphatic carbocycles. The van der Waals surface area contributed by atoms with Crippen LogP contribution in [0, 0.1) is 6.92 Å². The minimum atomic E-state index is -0.529. The zero-order valence-electron chi connectivity index (χ0n) is 16.3. The Kier molecular flexibility index (Phi) is 5.94. The van der Waals surface area contributed by atoms with Crippen LogP contribution in [0.5, 0.6) is 5.75 Å². The summed E-state index contributed by atoms with van der Waals surface area (Å²) in [6.45, 7) is 5.60. The van der Waals surface area contributed by atoms with Crippen LogP contribution in [-0.4, -0.2) is 23.1 Å². The number of esters is 1. The van der Waals surface area contributed by atoms with E-state index in [1.54, 1.807) is 13.0 Å². The van der Waals surface area contributed by atoms with Gasteiger partial charge in [0.05, 0.1) is 12.3 Å². The molecule has 0 fully saturated rings. The number of aryl methyl sites for hydroxylation is 1. The van der Waals surface area contributed by atoms with Crippen LogP contribution in [0.2, 0.25) is 0 Å². The van der Waals surface area contributed by atoms with E-state index in [1.807, 2.05) is 61.5 Å². The second-order valence-corrected chi connectivity index (χ2v) is 6.39. The number of hydrogen-bond acceptors (Lipinski definition) is 4. The van der Waals surface area contributed by atoms with Gasteiger partial charge in [0.2, 0.25) is 5.91 Å². The van der Waals surface area contributed by atoms with Crippen molar-refractivity contribution in [3.05, 3.63) is 77.5 Å². The molecule has 0 amide bonds. The molecule has 0 spiro atoms. The zero-order chi connectivity index (χ0) is 20.1. The van der Waals surface area contributed by atoms with Crippen molar-refractivity contribution in [3.8, 4) is 17.0 Å². The SMILES string of the molecule is CCOC(=O)c1cc(COc2ccccc2)c(-c2ccccc2C)n1C(C)=O. The van der Waals surface area contributed by atoms with Crippen LogP contribution in [0.3, 0.4) is 0 Å². The van der Waals surface area contributed by atoms with Gasteiger partial charge >= 0.3 is 5.97 Å². The first-order chi connectivity index (χ1) is 13.5. The number of aromatic nitrogens is 1. The van der Waals surface area contributed by atoms with Gasteiger partial charge < -0.3 is 9.47 Å². The normalized spacial score (nSPS) is 10.5. The molecular formula is C23H23NO4. The van der Waals surface area contributed by atoms with E-state index in [0.717, 1.165) is 16.7 Å². The first-order valence-corrected chi connectivity index (χ1v) is 9.19. The number of para-hydroxylation sites is 1. The highest BCUT2D eigenvalue weighted by molar-refractivity contribution is 5.97. The Morgan fingerprint density at radius 2 is 1.68 bits per heavy atom. The average molecular weight is 377 g/mol. The van der Waals surface area contributed by atoms with Gasteiger partial charge in [-0.15, -0.1) is 0 Å². The van der Waals surface area contributed by atoms with Crippen LogP contribution in [0.25, 0.3) is 11.3 Å². The van der Waals surface area contributed by atoms with Gasteiger partial charge in [-0.2, -0.15) is 0 Å². The number of rotatable bonds is 6. The molecule has 0 aliphatic rings. The summed E-state index contributed by atoms with van der Waals surface area (Å²) in [5.74, 6) is -0.0720. The molecule has 28 heavy (non-hydrogen) atoms. The van der Waals surface area contributed by atoms with E-state index in [2.05, 4.69) is 0 Å². The van der Waals surface area contributed by atoms with E-state index >= 15 is 0 Å². The van der Waals surface area contributed by atoms with Crippen LogP contribution in [0.1, 0.15) is 40.3 Å². The van der Waals surface area contributed by atoms with Crippen molar-refractivity contribution in [1.29, 1.82) is 0 Å². The fourth-order valence-corrected chi connectivity index (χ4v) is 3.16. The van der Waals surface area contributed by atoms with Gasteiger partial charge in [0.15, 0.2) is 0 Å². The Morgan fingerprint density at radius 3 is 2.32 bits per heavy atom. The second-order valence-electron chi connectivity index (χ2n) is 6.39. The fourth-order valence-electron chi connectivity index (χ4n) is 3.16. The molecule has 5 nitrogen and oxygen atoms in total. The predicted molar refractivity (Wildman–Crippen MR) is 108 cm³/mol. The molecule has 144 valence electrons. The first kappa shape index (κ1) is 19.4. The Hall–Kier alpha value is -3.34. The van der Waals surface area contributed by atoms with Crippen LogP contribution in [0.15, 0.2) is 60.7 Å². The van der Waals surface area contributed by atoms with Crippen molar-refractivity contribution in [3.63, 3.8) is 0 Å². The quantitative estimate of drug-likeness (QED) is 0.575. The van der Waals surface area contributed by atoms with E-state index in [4.69, 9.17) is 9.47 Å². The summed E-state index contributed by atoms with van der Waals surface area (Å²) >= 11 is 0. The summed E-state index contributed by atoms with van der Waals surface area (Å²) in [5, 5.41) is 0. The smallest absolute Gasteiger partial charge is 0.355 e. The van der Waals surface area contributed by atoms with Crippen LogP contribution in [-0.2, 0) is 11.3 Å². The Balaban J connectivity index is 2.13. The number of carbonyl (C=O) groups is 2. The summed E-state index contributed by atoms with van der Waals surface area (Å²) < 4.78 is 12.5. The second kappa shape index (κ2) is 8.57. The standard InChI is InChI=1S/C23H23NO4/c1-4-27-23(26)21-14-18(15-28-19-11-6-5-7-12-19)22(24(21)17(3)25)20-13-9-8-10-16(20)2/h5-14H,4,15H2,1-3H3. The molecule has 1 aromatic heterocycles. The van der Waals surface area contributed by atoms with Crippen LogP contribution >= 0.6 is 0 Å². The van der Waals surface area contributed by atoms with Crippen LogP contribution < -0.4 is 4.74 Å². The van der Waals surface area contributed by atoms with Crippen molar-refractivity contribution < 1.29 is 19.1 Å². The van der Waals surface area contributed by atoms with Crippen molar-refractivity contribution in [2.24, 2.45) is 0 Å². The summed E-state index contributed by atoms with van der Waals surface area (Å²) in [5.41, 5.74) is 3.49. The molecule has 0 aliphatic heterocycles. The Labute approximate surface area is 164 Å². The van der Waals surface area contributed by atoms with Crippen molar-refractivity contribution >= 4 is 11.9 Å². The minimum absolute atomic E-state index is 0.208. The van der Waals surface area contributed by atoms with Crippen molar-refractivity contribution in [2.45, 2.75) is 27.4 Å². The molecular weight excluding hydrogens is 354 g/mol. The van der Waals surface area contributed by atoms with E-state index in [1.165, 1.54) is 11.5 Å². The molecule has 0 radical (unpaired) electrons. The average Bonchev–Trinajstić information content (AvgIpc) is 3.07. The lowest BCUT2D eigenvalue weighted by Crippen LogP contribution is -2.17. The molecule has 2 aromatic carbocycles. The summed E-state index contributed by atoms with van der Waals surface area (Å²) in [6.07, 6.45) is 0. The molecule has 0 saturated carbocycles. The molecule has 3 aromatic rings. The van der Waals surface area contributed by atoms with Gasteiger partial charge in [-0.05, 0) is 37.6 Å². The minimum Gasteiger partial charge on any atom is -0.489 e. The largest absolute Gasteiger partial charge is 0.489 e. The fraction of sp³-hybridized carbons (Fsp3) is 0.217. The highest BCUT2D eigenvalue weighted by Gasteiger charge is 2.25. The molecule has 0 atom stereocenters. The zero-order valence-corrected chi connectivity index (χ0v) is 16.3. The highest BCUT2D eigenvalue weighted by atomic mass is 16.5. The van der Waals surface area contributed by atoms with Crippen molar-refractivity contribution in [2.75, 3.05) is 6.61 Å². The number of benzene rings is 2. The lowest BCUT2D eigenvalue weighted by atomic mass is 10.0. The third-order valence-corrected chi connectivity index (χ3v) is 4.42. The Bertz CT molecular complexity index is 989. The van der Waals surface area contributed by atoms with E-state index in [0.29, 0.717) is 11.4 Å². The Morgan fingerprint density at radius 1 is 1.00 bits per heavy atom. The van der Waals surface area contributed by atoms with E-state index in [-0.39, 0.29) is 24.8 Å². The summed E-state index contributed by atoms with van der Waals surface area (Å²) in [4.78, 5) is 25.0. The first-order valence-electron chi connectivity index (χ1n) is 9.19. The topological polar surface area (TPSA) is 57.5 Å². The third-order valence-electron chi connectivity index (χ3n) is 4.42. The van der Waals surface area contributed by atoms with E-state index < -0.39 is 5.97 Å². The van der Waals surface area contributed by atoms with E-state index in [9.17, 15) is 9.59 Å². The van der Waals surface area contributed by atoms with Gasteiger partial charge in [-0.3, -0.25) is 9.36 Å². The number of ether oxygens (including phenoxy) is 2. The maximum atomic E-state index is 12.5. The molecule has 0 N–H and O–H groups in total. The van der Waals surface area contributed by atoms with Crippen molar-refractivity contribution in [1.82, 2.24) is 4.57 Å². The van der Waals surface area contributed by atoms with Gasteiger partial charge in [0, 0.05) is 18.1 Å². The van der Waals surface area contributed by atoms with Gasteiger partial charge in [0.25, 0.3) is 0 Å². The molecule has 1 heterocycles. The number of hydrogen-bond donors (Lipinski definition) is 0. The molecule has 5 heteroatoms. The lowest BCUT2D eigenvalue weighted by Gasteiger charge is -2.13. The van der Waals surface area contributed by atoms with Crippen LogP contribution in [0.4, 0.5) is 0 Å². The van der Waals surface area contributed by atoms with Gasteiger partial charge in [-0.25, -0.2) is 4.79 Å². The van der Waals surface area contributed by atoms with Gasteiger partial charge in [0.1, 0.15) is 18.1 Å². The number of nitrogens with zero attached hydrogens (tertiary/aromatic N) is 1. The maximum absolute atomic E-state index is 12.5. The summed E-state index contributed by atoms with van der Waals surface area (Å²) in [6, 6.07) is 18.9. The molecule has 0 saturated heterocycles. The predicted octanol–water partition coefficient (Wildman–Crippen LogP) is 4.88. The number of carbonyl (C=O) groups excluding carboxylic acids is 2. The lowest BCUT2D eigenvalue weighted by molar-refractivity contribution is 0.0509. The molecule has 0 unspecified atom stereocenters. The monoisotopic (exact) mass is 377 g/mol. The maximum Gasteiger partial charge on any atom is 0.355 e. The van der Waals surface area contributed by atoms with Gasteiger partial charge in [-0.1, -0.05) is 42.5 Å². The summed E-state index contributed by atoms with van der Waals surface area (Å²) in [7, 11) is 0. The highest BCUT2D eigenvalue weighted by Crippen LogP contribution is 2.31. The molecule has 3 rings (SSSR count). The molecule has 0 bridgehead atoms.